The van der Waals surface area contributed by atoms with E-state index in [1.165, 1.54) is 43.1 Å². The van der Waals surface area contributed by atoms with E-state index in [0.717, 1.165) is 71.7 Å². The molecule has 0 saturated heterocycles. The van der Waals surface area contributed by atoms with E-state index in [2.05, 4.69) is 156 Å². The van der Waals surface area contributed by atoms with Gasteiger partial charge in [0.1, 0.15) is 16.7 Å². The molecule has 0 aliphatic heterocycles. The maximum absolute atomic E-state index is 6.95. The van der Waals surface area contributed by atoms with Gasteiger partial charge in [0.25, 0.3) is 0 Å². The first-order valence-electron chi connectivity index (χ1n) is 17.4. The largest absolute Gasteiger partial charge is 0.456 e. The number of aromatic nitrogens is 1. The fraction of sp³-hybridized carbons (Fsp3) is 0. The van der Waals surface area contributed by atoms with Gasteiger partial charge in [0, 0.05) is 48.8 Å². The molecule has 3 nitrogen and oxygen atoms in total. The number of hydrogen-bond donors (Lipinski definition) is 0. The average Bonchev–Trinajstić information content (AvgIpc) is 3.87. The van der Waals surface area contributed by atoms with Crippen molar-refractivity contribution in [2.24, 2.45) is 0 Å². The standard InChI is InChI=1S/C48H27NO2/c1-3-14-35-31(11-1)32-12-2-4-15-36(32)44-43(35)45-37-16-5-8-18-39(37)49(47(45)48-46(44)38-17-7-10-20-41(38)51-48)30-24-21-28(22-25-30)29-23-26-34-33-13-6-9-19-40(33)50-42(34)27-29/h1-27H. The Labute approximate surface area is 291 Å². The quantitative estimate of drug-likeness (QED) is 0.175. The Balaban J connectivity index is 1.20. The Hall–Kier alpha value is -6.84. The van der Waals surface area contributed by atoms with Gasteiger partial charge in [-0.3, -0.25) is 0 Å². The predicted molar refractivity (Wildman–Crippen MR) is 213 cm³/mol. The van der Waals surface area contributed by atoms with E-state index in [-0.39, 0.29) is 0 Å². The molecule has 12 aromatic rings. The lowest BCUT2D eigenvalue weighted by Crippen LogP contribution is -1.95. The van der Waals surface area contributed by atoms with E-state index in [4.69, 9.17) is 8.83 Å². The molecule has 0 N–H and O–H groups in total. The lowest BCUT2D eigenvalue weighted by Gasteiger charge is -2.14. The number of hydrogen-bond acceptors (Lipinski definition) is 2. The summed E-state index contributed by atoms with van der Waals surface area (Å²) in [5.74, 6) is 0. The second kappa shape index (κ2) is 9.87. The Bertz CT molecular complexity index is 3410. The molecule has 51 heavy (non-hydrogen) atoms. The van der Waals surface area contributed by atoms with Crippen LogP contribution < -0.4 is 0 Å². The maximum atomic E-state index is 6.95. The molecule has 0 bridgehead atoms. The van der Waals surface area contributed by atoms with Crippen molar-refractivity contribution in [2.45, 2.75) is 0 Å². The highest BCUT2D eigenvalue weighted by atomic mass is 16.3. The molecule has 12 rings (SSSR count). The zero-order valence-electron chi connectivity index (χ0n) is 27.4. The third-order valence-corrected chi connectivity index (χ3v) is 11.0. The van der Waals surface area contributed by atoms with Crippen molar-refractivity contribution in [1.82, 2.24) is 4.57 Å². The first-order valence-corrected chi connectivity index (χ1v) is 17.4. The smallest absolute Gasteiger partial charge is 0.160 e. The number of fused-ring (bicyclic) bond motifs is 18. The summed E-state index contributed by atoms with van der Waals surface area (Å²) in [6.45, 7) is 0. The summed E-state index contributed by atoms with van der Waals surface area (Å²) in [7, 11) is 0. The van der Waals surface area contributed by atoms with Crippen molar-refractivity contribution in [3.63, 3.8) is 0 Å². The lowest BCUT2D eigenvalue weighted by molar-refractivity contribution is 0.669. The zero-order valence-corrected chi connectivity index (χ0v) is 27.4. The highest BCUT2D eigenvalue weighted by Crippen LogP contribution is 2.50. The summed E-state index contributed by atoms with van der Waals surface area (Å²) >= 11 is 0. The maximum Gasteiger partial charge on any atom is 0.160 e. The van der Waals surface area contributed by atoms with Crippen LogP contribution in [0.1, 0.15) is 0 Å². The summed E-state index contributed by atoms with van der Waals surface area (Å²) in [6.07, 6.45) is 0. The molecule has 0 unspecified atom stereocenters. The van der Waals surface area contributed by atoms with Gasteiger partial charge in [0.2, 0.25) is 0 Å². The molecule has 3 heterocycles. The molecule has 3 aromatic heterocycles. The number of furan rings is 2. The minimum atomic E-state index is 0.895. The van der Waals surface area contributed by atoms with Crippen LogP contribution in [0.5, 0.6) is 0 Å². The second-order valence-electron chi connectivity index (χ2n) is 13.6. The number of para-hydroxylation sites is 3. The Morgan fingerprint density at radius 1 is 0.333 bits per heavy atom. The van der Waals surface area contributed by atoms with Crippen LogP contribution >= 0.6 is 0 Å². The highest BCUT2D eigenvalue weighted by molar-refractivity contribution is 6.44. The van der Waals surface area contributed by atoms with Gasteiger partial charge < -0.3 is 13.4 Å². The molecule has 236 valence electrons. The van der Waals surface area contributed by atoms with Gasteiger partial charge >= 0.3 is 0 Å². The molecule has 0 aliphatic carbocycles. The fourth-order valence-electron chi connectivity index (χ4n) is 8.81. The lowest BCUT2D eigenvalue weighted by atomic mass is 9.89. The number of rotatable bonds is 2. The molecule has 0 aliphatic rings. The van der Waals surface area contributed by atoms with Crippen LogP contribution in [0.3, 0.4) is 0 Å². The van der Waals surface area contributed by atoms with Crippen molar-refractivity contribution in [2.75, 3.05) is 0 Å². The topological polar surface area (TPSA) is 31.2 Å². The molecular formula is C48H27NO2. The third kappa shape index (κ3) is 3.57. The third-order valence-electron chi connectivity index (χ3n) is 11.0. The van der Waals surface area contributed by atoms with Crippen molar-refractivity contribution < 1.29 is 8.83 Å². The Kier molecular flexibility index (Phi) is 5.23. The molecule has 0 atom stereocenters. The van der Waals surface area contributed by atoms with E-state index >= 15 is 0 Å². The van der Waals surface area contributed by atoms with Crippen LogP contribution in [0.4, 0.5) is 0 Å². The number of nitrogens with zero attached hydrogens (tertiary/aromatic N) is 1. The van der Waals surface area contributed by atoms with Gasteiger partial charge in [-0.2, -0.15) is 0 Å². The van der Waals surface area contributed by atoms with Crippen LogP contribution in [0.25, 0.3) is 115 Å². The summed E-state index contributed by atoms with van der Waals surface area (Å²) < 4.78 is 15.6. The van der Waals surface area contributed by atoms with Crippen molar-refractivity contribution >= 4 is 98.0 Å². The van der Waals surface area contributed by atoms with Crippen LogP contribution in [0.2, 0.25) is 0 Å². The van der Waals surface area contributed by atoms with Crippen LogP contribution in [0.15, 0.2) is 173 Å². The van der Waals surface area contributed by atoms with Crippen molar-refractivity contribution in [3.05, 3.63) is 164 Å². The van der Waals surface area contributed by atoms with Crippen LogP contribution in [-0.2, 0) is 0 Å². The molecule has 0 saturated carbocycles. The first kappa shape index (κ1) is 27.0. The molecule has 9 aromatic carbocycles. The van der Waals surface area contributed by atoms with Gasteiger partial charge in [0.05, 0.1) is 11.0 Å². The second-order valence-corrected chi connectivity index (χ2v) is 13.6. The first-order chi connectivity index (χ1) is 25.3. The van der Waals surface area contributed by atoms with E-state index in [9.17, 15) is 0 Å². The molecule has 0 fully saturated rings. The van der Waals surface area contributed by atoms with Gasteiger partial charge in [-0.05, 0) is 75.1 Å². The summed E-state index contributed by atoms with van der Waals surface area (Å²) in [6, 6.07) is 58.7. The summed E-state index contributed by atoms with van der Waals surface area (Å²) in [5.41, 5.74) is 9.21. The van der Waals surface area contributed by atoms with E-state index < -0.39 is 0 Å². The molecule has 0 amide bonds. The van der Waals surface area contributed by atoms with E-state index in [1.807, 2.05) is 12.1 Å². The van der Waals surface area contributed by atoms with Crippen molar-refractivity contribution in [1.29, 1.82) is 0 Å². The summed E-state index contributed by atoms with van der Waals surface area (Å²) in [4.78, 5) is 0. The monoisotopic (exact) mass is 649 g/mol. The minimum absolute atomic E-state index is 0.895. The molecule has 0 radical (unpaired) electrons. The Morgan fingerprint density at radius 3 is 1.59 bits per heavy atom. The van der Waals surface area contributed by atoms with E-state index in [1.54, 1.807) is 0 Å². The highest BCUT2D eigenvalue weighted by Gasteiger charge is 2.25. The van der Waals surface area contributed by atoms with Gasteiger partial charge in [0.15, 0.2) is 5.58 Å². The SMILES string of the molecule is c1ccc2c(c1)oc1cc(-c3ccc(-n4c5ccccc5c5c6c7ccccc7c7ccccc7c6c6c7ccccc7oc6c54)cc3)ccc12. The average molecular weight is 650 g/mol. The van der Waals surface area contributed by atoms with Gasteiger partial charge in [-0.1, -0.05) is 121 Å². The number of benzene rings is 9. The van der Waals surface area contributed by atoms with Crippen molar-refractivity contribution in [3.8, 4) is 16.8 Å². The normalized spacial score (nSPS) is 12.3. The minimum Gasteiger partial charge on any atom is -0.456 e. The Morgan fingerprint density at radius 2 is 0.863 bits per heavy atom. The molecule has 0 spiro atoms. The predicted octanol–water partition coefficient (Wildman–Crippen LogP) is 13.7. The summed E-state index contributed by atoms with van der Waals surface area (Å²) in [5, 5.41) is 14.5. The van der Waals surface area contributed by atoms with Crippen LogP contribution in [-0.4, -0.2) is 4.57 Å². The van der Waals surface area contributed by atoms with Gasteiger partial charge in [-0.15, -0.1) is 0 Å². The molecular weight excluding hydrogens is 623 g/mol. The zero-order chi connectivity index (χ0) is 33.2. The fourth-order valence-corrected chi connectivity index (χ4v) is 8.81. The molecule has 3 heteroatoms. The van der Waals surface area contributed by atoms with Gasteiger partial charge in [-0.25, -0.2) is 0 Å². The van der Waals surface area contributed by atoms with Crippen LogP contribution in [0, 0.1) is 0 Å². The van der Waals surface area contributed by atoms with E-state index in [0.29, 0.717) is 0 Å².